The van der Waals surface area contributed by atoms with Crippen LogP contribution >= 0.6 is 11.6 Å². The van der Waals surface area contributed by atoms with E-state index in [1.54, 1.807) is 0 Å². The predicted octanol–water partition coefficient (Wildman–Crippen LogP) is 2.87. The van der Waals surface area contributed by atoms with E-state index in [0.717, 1.165) is 6.07 Å². The predicted molar refractivity (Wildman–Crippen MR) is 60.6 cm³/mol. The molecule has 0 heterocycles. The maximum atomic E-state index is 12.1. The van der Waals surface area contributed by atoms with Crippen molar-refractivity contribution < 1.29 is 22.7 Å². The fraction of sp³-hybridized carbons (Fsp3) is 0.364. The third-order valence-electron chi connectivity index (χ3n) is 2.32. The van der Waals surface area contributed by atoms with Crippen LogP contribution in [0.1, 0.15) is 17.9 Å². The first kappa shape index (κ1) is 14.8. The molecule has 1 atom stereocenters. The standard InChI is InChI=1S/C11H11ClF3NO2/c12-9-2-1-7(8(6-16)3-4-17)5-10(9)18-11(13,14)15/h1-2,4-5,8H,3,6,16H2. The Morgan fingerprint density at radius 2 is 2.11 bits per heavy atom. The quantitative estimate of drug-likeness (QED) is 0.844. The van der Waals surface area contributed by atoms with Crippen molar-refractivity contribution in [3.63, 3.8) is 0 Å². The van der Waals surface area contributed by atoms with Crippen LogP contribution in [0.15, 0.2) is 18.2 Å². The van der Waals surface area contributed by atoms with Gasteiger partial charge in [0.25, 0.3) is 0 Å². The van der Waals surface area contributed by atoms with Gasteiger partial charge in [0, 0.05) is 12.3 Å². The number of carbonyl (C=O) groups is 1. The summed E-state index contributed by atoms with van der Waals surface area (Å²) in [5, 5.41) is -0.155. The molecule has 0 fully saturated rings. The number of carbonyl (C=O) groups excluding carboxylic acids is 1. The lowest BCUT2D eigenvalue weighted by atomic mass is 9.96. The van der Waals surface area contributed by atoms with Gasteiger partial charge >= 0.3 is 6.36 Å². The van der Waals surface area contributed by atoms with E-state index in [2.05, 4.69) is 4.74 Å². The molecular formula is C11H11ClF3NO2. The van der Waals surface area contributed by atoms with E-state index in [9.17, 15) is 18.0 Å². The number of hydrogen-bond donors (Lipinski definition) is 1. The Bertz CT molecular complexity index is 423. The fourth-order valence-corrected chi connectivity index (χ4v) is 1.62. The van der Waals surface area contributed by atoms with Gasteiger partial charge in [0.2, 0.25) is 0 Å². The molecule has 0 saturated carbocycles. The van der Waals surface area contributed by atoms with Crippen molar-refractivity contribution in [2.75, 3.05) is 6.54 Å². The zero-order valence-electron chi connectivity index (χ0n) is 9.21. The Morgan fingerprint density at radius 3 is 2.61 bits per heavy atom. The molecule has 100 valence electrons. The van der Waals surface area contributed by atoms with E-state index >= 15 is 0 Å². The monoisotopic (exact) mass is 281 g/mol. The highest BCUT2D eigenvalue weighted by Crippen LogP contribution is 2.33. The number of rotatable bonds is 5. The average molecular weight is 282 g/mol. The summed E-state index contributed by atoms with van der Waals surface area (Å²) >= 11 is 5.60. The lowest BCUT2D eigenvalue weighted by Crippen LogP contribution is -2.18. The van der Waals surface area contributed by atoms with Crippen LogP contribution in [0.25, 0.3) is 0 Å². The molecule has 0 aliphatic heterocycles. The van der Waals surface area contributed by atoms with Crippen LogP contribution in [0.3, 0.4) is 0 Å². The second-order valence-corrected chi connectivity index (χ2v) is 3.98. The first-order valence-corrected chi connectivity index (χ1v) is 5.44. The number of hydrogen-bond acceptors (Lipinski definition) is 3. The molecule has 18 heavy (non-hydrogen) atoms. The van der Waals surface area contributed by atoms with Gasteiger partial charge in [0.05, 0.1) is 5.02 Å². The van der Waals surface area contributed by atoms with Crippen LogP contribution < -0.4 is 10.5 Å². The van der Waals surface area contributed by atoms with Crippen molar-refractivity contribution >= 4 is 17.9 Å². The number of halogens is 4. The highest BCUT2D eigenvalue weighted by molar-refractivity contribution is 6.32. The molecule has 1 rings (SSSR count). The summed E-state index contributed by atoms with van der Waals surface area (Å²) in [6, 6.07) is 3.95. The summed E-state index contributed by atoms with van der Waals surface area (Å²) in [5.41, 5.74) is 5.93. The number of benzene rings is 1. The van der Waals surface area contributed by atoms with Crippen molar-refractivity contribution in [1.29, 1.82) is 0 Å². The average Bonchev–Trinajstić information content (AvgIpc) is 2.27. The van der Waals surface area contributed by atoms with E-state index in [4.69, 9.17) is 17.3 Å². The normalized spacial score (nSPS) is 13.2. The minimum absolute atomic E-state index is 0.129. The molecule has 0 saturated heterocycles. The first-order chi connectivity index (χ1) is 8.37. The van der Waals surface area contributed by atoms with Gasteiger partial charge in [-0.05, 0) is 24.2 Å². The van der Waals surface area contributed by atoms with Crippen LogP contribution in [0.5, 0.6) is 5.75 Å². The summed E-state index contributed by atoms with van der Waals surface area (Å²) < 4.78 is 40.2. The van der Waals surface area contributed by atoms with Gasteiger partial charge in [-0.2, -0.15) is 0 Å². The zero-order valence-corrected chi connectivity index (χ0v) is 9.96. The lowest BCUT2D eigenvalue weighted by Gasteiger charge is -2.15. The molecule has 0 aliphatic carbocycles. The third-order valence-corrected chi connectivity index (χ3v) is 2.63. The molecule has 0 bridgehead atoms. The minimum atomic E-state index is -4.81. The van der Waals surface area contributed by atoms with Crippen LogP contribution in [0, 0.1) is 0 Å². The van der Waals surface area contributed by atoms with Crippen molar-refractivity contribution in [3.8, 4) is 5.75 Å². The summed E-state index contributed by atoms with van der Waals surface area (Å²) in [6.45, 7) is 0.145. The van der Waals surface area contributed by atoms with Crippen LogP contribution in [0.4, 0.5) is 13.2 Å². The SMILES string of the molecule is NCC(CC=O)c1ccc(Cl)c(OC(F)(F)F)c1. The van der Waals surface area contributed by atoms with Gasteiger partial charge in [-0.1, -0.05) is 17.7 Å². The summed E-state index contributed by atoms with van der Waals surface area (Å²) in [7, 11) is 0. The van der Waals surface area contributed by atoms with Gasteiger partial charge in [-0.3, -0.25) is 0 Å². The van der Waals surface area contributed by atoms with Gasteiger partial charge < -0.3 is 15.3 Å². The fourth-order valence-electron chi connectivity index (χ4n) is 1.46. The molecule has 1 aromatic carbocycles. The number of aldehydes is 1. The van der Waals surface area contributed by atoms with Gasteiger partial charge in [0.1, 0.15) is 12.0 Å². The molecule has 1 unspecified atom stereocenters. The zero-order chi connectivity index (χ0) is 13.8. The minimum Gasteiger partial charge on any atom is -0.404 e. The summed E-state index contributed by atoms with van der Waals surface area (Å²) in [6.07, 6.45) is -4.02. The van der Waals surface area contributed by atoms with E-state index in [0.29, 0.717) is 11.8 Å². The van der Waals surface area contributed by atoms with E-state index in [-0.39, 0.29) is 23.9 Å². The summed E-state index contributed by atoms with van der Waals surface area (Å²) in [4.78, 5) is 10.4. The Labute approximate surface area is 107 Å². The van der Waals surface area contributed by atoms with Gasteiger partial charge in [-0.25, -0.2) is 0 Å². The van der Waals surface area contributed by atoms with E-state index < -0.39 is 12.1 Å². The number of alkyl halides is 3. The number of ether oxygens (including phenoxy) is 1. The summed E-state index contributed by atoms with van der Waals surface area (Å²) in [5.74, 6) is -0.846. The van der Waals surface area contributed by atoms with Crippen LogP contribution in [-0.2, 0) is 4.79 Å². The Kier molecular flexibility index (Phi) is 4.98. The molecule has 0 aromatic heterocycles. The molecule has 0 radical (unpaired) electrons. The Balaban J connectivity index is 3.02. The maximum Gasteiger partial charge on any atom is 0.573 e. The van der Waals surface area contributed by atoms with Crippen molar-refractivity contribution in [2.24, 2.45) is 5.73 Å². The highest BCUT2D eigenvalue weighted by atomic mass is 35.5. The highest BCUT2D eigenvalue weighted by Gasteiger charge is 2.32. The van der Waals surface area contributed by atoms with Gasteiger partial charge in [0.15, 0.2) is 0 Å². The molecule has 7 heteroatoms. The Hall–Kier alpha value is -1.27. The molecule has 0 aliphatic rings. The largest absolute Gasteiger partial charge is 0.573 e. The van der Waals surface area contributed by atoms with E-state index in [1.165, 1.54) is 12.1 Å². The molecule has 0 amide bonds. The topological polar surface area (TPSA) is 52.3 Å². The molecule has 3 nitrogen and oxygen atoms in total. The van der Waals surface area contributed by atoms with Crippen LogP contribution in [-0.4, -0.2) is 19.2 Å². The van der Waals surface area contributed by atoms with Crippen molar-refractivity contribution in [2.45, 2.75) is 18.7 Å². The van der Waals surface area contributed by atoms with E-state index in [1.807, 2.05) is 0 Å². The molecular weight excluding hydrogens is 271 g/mol. The second kappa shape index (κ2) is 6.06. The third kappa shape index (κ3) is 4.19. The van der Waals surface area contributed by atoms with Crippen molar-refractivity contribution in [3.05, 3.63) is 28.8 Å². The smallest absolute Gasteiger partial charge is 0.404 e. The number of nitrogens with two attached hydrogens (primary N) is 1. The molecule has 0 spiro atoms. The van der Waals surface area contributed by atoms with Crippen LogP contribution in [0.2, 0.25) is 5.02 Å². The second-order valence-electron chi connectivity index (χ2n) is 3.57. The van der Waals surface area contributed by atoms with Crippen molar-refractivity contribution in [1.82, 2.24) is 0 Å². The Morgan fingerprint density at radius 1 is 1.44 bits per heavy atom. The molecule has 1 aromatic rings. The first-order valence-electron chi connectivity index (χ1n) is 5.06. The lowest BCUT2D eigenvalue weighted by molar-refractivity contribution is -0.274. The maximum absolute atomic E-state index is 12.1. The van der Waals surface area contributed by atoms with Gasteiger partial charge in [-0.15, -0.1) is 13.2 Å². The molecule has 2 N–H and O–H groups in total.